The van der Waals surface area contributed by atoms with E-state index in [4.69, 9.17) is 0 Å². The molecular weight excluding hydrogens is 414 g/mol. The van der Waals surface area contributed by atoms with E-state index in [1.54, 1.807) is 35.2 Å². The molecule has 0 spiro atoms. The van der Waals surface area contributed by atoms with Crippen LogP contribution in [0.5, 0.6) is 0 Å². The summed E-state index contributed by atoms with van der Waals surface area (Å²) in [5.74, 6) is -0.0425. The van der Waals surface area contributed by atoms with E-state index >= 15 is 0 Å². The van der Waals surface area contributed by atoms with Crippen LogP contribution in [0.4, 0.5) is 0 Å². The highest BCUT2D eigenvalue weighted by Crippen LogP contribution is 2.26. The summed E-state index contributed by atoms with van der Waals surface area (Å²) in [6.45, 7) is 2.97. The molecule has 1 atom stereocenters. The predicted molar refractivity (Wildman–Crippen MR) is 111 cm³/mol. The Morgan fingerprint density at radius 1 is 0.966 bits per heavy atom. The molecule has 29 heavy (non-hydrogen) atoms. The van der Waals surface area contributed by atoms with Gasteiger partial charge in [-0.3, -0.25) is 9.69 Å². The fourth-order valence-electron chi connectivity index (χ4n) is 3.86. The zero-order chi connectivity index (χ0) is 21.1. The monoisotopic (exact) mass is 443 g/mol. The number of piperazine rings is 1. The average Bonchev–Trinajstić information content (AvgIpc) is 2.72. The summed E-state index contributed by atoms with van der Waals surface area (Å²) < 4.78 is 50.3. The van der Waals surface area contributed by atoms with Crippen molar-refractivity contribution in [2.45, 2.75) is 30.2 Å². The van der Waals surface area contributed by atoms with Gasteiger partial charge in [-0.1, -0.05) is 24.6 Å². The summed E-state index contributed by atoms with van der Waals surface area (Å²) in [4.78, 5) is 17.1. The lowest BCUT2D eigenvalue weighted by atomic mass is 10.0. The van der Waals surface area contributed by atoms with Crippen LogP contribution in [0.1, 0.15) is 19.3 Å². The molecule has 0 saturated carbocycles. The number of benzene rings is 1. The van der Waals surface area contributed by atoms with Gasteiger partial charge >= 0.3 is 0 Å². The molecule has 1 aromatic rings. The molecular formula is C19H29N3O5S2. The number of sulfonamides is 1. The maximum atomic E-state index is 13.2. The van der Waals surface area contributed by atoms with Crippen LogP contribution in [-0.4, -0.2) is 94.2 Å². The first kappa shape index (κ1) is 22.2. The van der Waals surface area contributed by atoms with Crippen LogP contribution in [0.2, 0.25) is 0 Å². The number of hydrogen-bond acceptors (Lipinski definition) is 6. The summed E-state index contributed by atoms with van der Waals surface area (Å²) in [5.41, 5.74) is 0. The van der Waals surface area contributed by atoms with Gasteiger partial charge in [-0.2, -0.15) is 4.31 Å². The number of carbonyl (C=O) groups is 1. The largest absolute Gasteiger partial charge is 0.339 e. The molecule has 0 N–H and O–H groups in total. The summed E-state index contributed by atoms with van der Waals surface area (Å²) in [6, 6.07) is 7.59. The molecule has 1 amide bonds. The van der Waals surface area contributed by atoms with Gasteiger partial charge in [0, 0.05) is 45.5 Å². The second-order valence-electron chi connectivity index (χ2n) is 7.74. The Bertz CT molecular complexity index is 910. The molecule has 10 heteroatoms. The third-order valence-corrected chi connectivity index (χ3v) is 8.40. The van der Waals surface area contributed by atoms with E-state index in [0.717, 1.165) is 12.8 Å². The molecule has 162 valence electrons. The highest BCUT2D eigenvalue weighted by Gasteiger charge is 2.39. The van der Waals surface area contributed by atoms with Crippen LogP contribution in [0.15, 0.2) is 35.2 Å². The van der Waals surface area contributed by atoms with Crippen molar-refractivity contribution in [3.8, 4) is 0 Å². The number of amides is 1. The summed E-state index contributed by atoms with van der Waals surface area (Å²) >= 11 is 0. The van der Waals surface area contributed by atoms with Crippen molar-refractivity contribution in [1.29, 1.82) is 0 Å². The normalized spacial score (nSPS) is 22.5. The number of piperidine rings is 1. The van der Waals surface area contributed by atoms with Gasteiger partial charge in [0.05, 0.1) is 10.6 Å². The Hall–Kier alpha value is -1.49. The first-order valence-corrected chi connectivity index (χ1v) is 13.4. The van der Waals surface area contributed by atoms with Gasteiger partial charge in [-0.15, -0.1) is 0 Å². The van der Waals surface area contributed by atoms with Crippen LogP contribution >= 0.6 is 0 Å². The molecule has 0 radical (unpaired) electrons. The molecule has 3 rings (SSSR count). The molecule has 2 aliphatic heterocycles. The Morgan fingerprint density at radius 3 is 2.24 bits per heavy atom. The van der Waals surface area contributed by atoms with E-state index in [2.05, 4.69) is 0 Å². The van der Waals surface area contributed by atoms with Crippen molar-refractivity contribution in [1.82, 2.24) is 14.1 Å². The Kier molecular flexibility index (Phi) is 6.98. The molecule has 8 nitrogen and oxygen atoms in total. The summed E-state index contributed by atoms with van der Waals surface area (Å²) in [5, 5.41) is 0. The van der Waals surface area contributed by atoms with Gasteiger partial charge in [0.15, 0.2) is 0 Å². The minimum Gasteiger partial charge on any atom is -0.339 e. The summed E-state index contributed by atoms with van der Waals surface area (Å²) in [7, 11) is -6.74. The zero-order valence-electron chi connectivity index (χ0n) is 16.7. The van der Waals surface area contributed by atoms with E-state index in [-0.39, 0.29) is 16.6 Å². The Balaban J connectivity index is 1.66. The van der Waals surface area contributed by atoms with Crippen molar-refractivity contribution in [3.63, 3.8) is 0 Å². The molecule has 1 aromatic carbocycles. The van der Waals surface area contributed by atoms with E-state index in [1.807, 2.05) is 4.90 Å². The van der Waals surface area contributed by atoms with Crippen molar-refractivity contribution >= 4 is 25.8 Å². The smallest absolute Gasteiger partial charge is 0.243 e. The maximum Gasteiger partial charge on any atom is 0.243 e. The lowest BCUT2D eigenvalue weighted by Gasteiger charge is -2.40. The number of nitrogens with zero attached hydrogens (tertiary/aromatic N) is 3. The molecule has 2 fully saturated rings. The number of sulfone groups is 1. The van der Waals surface area contributed by atoms with Crippen LogP contribution in [0, 0.1) is 0 Å². The van der Waals surface area contributed by atoms with Crippen molar-refractivity contribution in [2.24, 2.45) is 0 Å². The van der Waals surface area contributed by atoms with Crippen molar-refractivity contribution in [3.05, 3.63) is 30.3 Å². The van der Waals surface area contributed by atoms with Gasteiger partial charge in [0.25, 0.3) is 0 Å². The van der Waals surface area contributed by atoms with Gasteiger partial charge in [0.2, 0.25) is 15.9 Å². The SMILES string of the molecule is CS(=O)(=O)CCN1CCN(C(=O)C2CCCCN2S(=O)(=O)c2ccccc2)CC1. The highest BCUT2D eigenvalue weighted by atomic mass is 32.2. The minimum absolute atomic E-state index is 0.104. The zero-order valence-corrected chi connectivity index (χ0v) is 18.4. The van der Waals surface area contributed by atoms with Gasteiger partial charge in [-0.25, -0.2) is 16.8 Å². The fraction of sp³-hybridized carbons (Fsp3) is 0.632. The topological polar surface area (TPSA) is 95.1 Å². The van der Waals surface area contributed by atoms with Crippen molar-refractivity contribution < 1.29 is 21.6 Å². The van der Waals surface area contributed by atoms with E-state index in [0.29, 0.717) is 45.7 Å². The molecule has 1 unspecified atom stereocenters. The fourth-order valence-corrected chi connectivity index (χ4v) is 6.13. The first-order valence-electron chi connectivity index (χ1n) is 9.94. The summed E-state index contributed by atoms with van der Waals surface area (Å²) in [6.07, 6.45) is 3.32. The molecule has 0 aliphatic carbocycles. The van der Waals surface area contributed by atoms with Gasteiger partial charge in [0.1, 0.15) is 15.9 Å². The number of rotatable bonds is 6. The lowest BCUT2D eigenvalue weighted by Crippen LogP contribution is -2.57. The molecule has 2 saturated heterocycles. The van der Waals surface area contributed by atoms with E-state index < -0.39 is 25.9 Å². The minimum atomic E-state index is -3.72. The Morgan fingerprint density at radius 2 is 1.62 bits per heavy atom. The molecule has 2 aliphatic rings. The molecule has 0 aromatic heterocycles. The third-order valence-electron chi connectivity index (χ3n) is 5.55. The quantitative estimate of drug-likeness (QED) is 0.632. The van der Waals surface area contributed by atoms with E-state index in [1.165, 1.54) is 10.6 Å². The van der Waals surface area contributed by atoms with Gasteiger partial charge in [-0.05, 0) is 25.0 Å². The highest BCUT2D eigenvalue weighted by molar-refractivity contribution is 7.90. The molecule has 2 heterocycles. The van der Waals surface area contributed by atoms with Crippen LogP contribution in [0.25, 0.3) is 0 Å². The Labute approximate surface area is 173 Å². The van der Waals surface area contributed by atoms with Crippen LogP contribution in [0.3, 0.4) is 0 Å². The second kappa shape index (κ2) is 9.11. The number of carbonyl (C=O) groups excluding carboxylic acids is 1. The number of hydrogen-bond donors (Lipinski definition) is 0. The standard InChI is InChI=1S/C19H29N3O5S2/c1-28(24,25)16-15-20-11-13-21(14-12-20)19(23)18-9-5-6-10-22(18)29(26,27)17-7-3-2-4-8-17/h2-4,7-8,18H,5-6,9-16H2,1H3. The lowest BCUT2D eigenvalue weighted by molar-refractivity contribution is -0.138. The predicted octanol–water partition coefficient (Wildman–Crippen LogP) is 0.419. The molecule has 0 bridgehead atoms. The van der Waals surface area contributed by atoms with Crippen LogP contribution in [-0.2, 0) is 24.7 Å². The van der Waals surface area contributed by atoms with E-state index in [9.17, 15) is 21.6 Å². The van der Waals surface area contributed by atoms with Crippen LogP contribution < -0.4 is 0 Å². The van der Waals surface area contributed by atoms with Crippen molar-refractivity contribution in [2.75, 3.05) is 51.3 Å². The second-order valence-corrected chi connectivity index (χ2v) is 11.9. The third kappa shape index (κ3) is 5.56. The van der Waals surface area contributed by atoms with Gasteiger partial charge < -0.3 is 4.90 Å². The maximum absolute atomic E-state index is 13.2. The first-order chi connectivity index (χ1) is 13.7. The average molecular weight is 444 g/mol.